The van der Waals surface area contributed by atoms with Crippen molar-refractivity contribution in [3.8, 4) is 0 Å². The number of methoxy groups -OCH3 is 1. The first-order valence-electron chi connectivity index (χ1n) is 5.89. The molecule has 0 aliphatic carbocycles. The molecule has 0 atom stereocenters. The second-order valence-corrected chi connectivity index (χ2v) is 4.28. The van der Waals surface area contributed by atoms with Crippen molar-refractivity contribution in [2.24, 2.45) is 0 Å². The van der Waals surface area contributed by atoms with E-state index < -0.39 is 11.0 Å². The SMILES string of the molecule is COC(=O)n1c2ccccc2c2cc([N+](=O)[O-])ccc21. The summed E-state index contributed by atoms with van der Waals surface area (Å²) in [6.45, 7) is 0. The summed E-state index contributed by atoms with van der Waals surface area (Å²) >= 11 is 0. The van der Waals surface area contributed by atoms with Crippen LogP contribution in [0.2, 0.25) is 0 Å². The number of nitrogens with zero attached hydrogens (tertiary/aromatic N) is 2. The van der Waals surface area contributed by atoms with Gasteiger partial charge in [-0.2, -0.15) is 0 Å². The van der Waals surface area contributed by atoms with E-state index in [0.717, 1.165) is 5.39 Å². The van der Waals surface area contributed by atoms with E-state index in [1.54, 1.807) is 18.2 Å². The molecular formula is C14H10N2O4. The van der Waals surface area contributed by atoms with Gasteiger partial charge in [0.25, 0.3) is 5.69 Å². The van der Waals surface area contributed by atoms with Crippen molar-refractivity contribution in [1.29, 1.82) is 0 Å². The van der Waals surface area contributed by atoms with E-state index in [2.05, 4.69) is 0 Å². The molecule has 6 heteroatoms. The lowest BCUT2D eigenvalue weighted by Gasteiger charge is -2.03. The molecule has 2 aromatic carbocycles. The maximum absolute atomic E-state index is 11.9. The molecule has 0 spiro atoms. The van der Waals surface area contributed by atoms with Crippen molar-refractivity contribution < 1.29 is 14.5 Å². The number of fused-ring (bicyclic) bond motifs is 3. The van der Waals surface area contributed by atoms with Gasteiger partial charge in [-0.3, -0.25) is 10.1 Å². The van der Waals surface area contributed by atoms with Crippen LogP contribution in [0.4, 0.5) is 10.5 Å². The van der Waals surface area contributed by atoms with Crippen LogP contribution in [-0.4, -0.2) is 22.7 Å². The number of carbonyl (C=O) groups excluding carboxylic acids is 1. The first-order valence-corrected chi connectivity index (χ1v) is 5.89. The van der Waals surface area contributed by atoms with Crippen molar-refractivity contribution in [3.63, 3.8) is 0 Å². The minimum atomic E-state index is -0.523. The van der Waals surface area contributed by atoms with Crippen LogP contribution >= 0.6 is 0 Å². The Labute approximate surface area is 113 Å². The van der Waals surface area contributed by atoms with Gasteiger partial charge in [-0.05, 0) is 12.1 Å². The van der Waals surface area contributed by atoms with E-state index in [-0.39, 0.29) is 5.69 Å². The summed E-state index contributed by atoms with van der Waals surface area (Å²) in [7, 11) is 1.30. The third-order valence-corrected chi connectivity index (χ3v) is 3.22. The number of aromatic nitrogens is 1. The fourth-order valence-electron chi connectivity index (χ4n) is 2.36. The lowest BCUT2D eigenvalue weighted by Crippen LogP contribution is -2.10. The Morgan fingerprint density at radius 2 is 1.85 bits per heavy atom. The van der Waals surface area contributed by atoms with Gasteiger partial charge in [0.1, 0.15) is 0 Å². The van der Waals surface area contributed by atoms with Gasteiger partial charge in [-0.25, -0.2) is 9.36 Å². The molecule has 0 aliphatic rings. The number of ether oxygens (including phenoxy) is 1. The number of benzene rings is 2. The minimum absolute atomic E-state index is 0.00901. The lowest BCUT2D eigenvalue weighted by atomic mass is 10.1. The van der Waals surface area contributed by atoms with Crippen molar-refractivity contribution in [2.45, 2.75) is 0 Å². The average Bonchev–Trinajstić information content (AvgIpc) is 2.80. The summed E-state index contributed by atoms with van der Waals surface area (Å²) in [5, 5.41) is 12.3. The summed E-state index contributed by atoms with van der Waals surface area (Å²) in [6, 6.07) is 11.6. The minimum Gasteiger partial charge on any atom is -0.452 e. The highest BCUT2D eigenvalue weighted by atomic mass is 16.6. The standard InChI is InChI=1S/C14H10N2O4/c1-20-14(17)15-12-5-3-2-4-10(12)11-8-9(16(18)19)6-7-13(11)15/h2-8H,1H3. The number of para-hydroxylation sites is 1. The van der Waals surface area contributed by atoms with Crippen LogP contribution in [0.1, 0.15) is 0 Å². The maximum atomic E-state index is 11.9. The summed E-state index contributed by atoms with van der Waals surface area (Å²) in [5.74, 6) is 0. The molecule has 1 aromatic heterocycles. The number of carbonyl (C=O) groups is 1. The van der Waals surface area contributed by atoms with Crippen LogP contribution in [0.25, 0.3) is 21.8 Å². The number of hydrogen-bond donors (Lipinski definition) is 0. The molecule has 3 rings (SSSR count). The van der Waals surface area contributed by atoms with Crippen LogP contribution in [0, 0.1) is 10.1 Å². The summed E-state index contributed by atoms with van der Waals surface area (Å²) in [6.07, 6.45) is -0.523. The van der Waals surface area contributed by atoms with Gasteiger partial charge in [0.2, 0.25) is 0 Å². The highest BCUT2D eigenvalue weighted by Gasteiger charge is 2.18. The molecule has 0 saturated heterocycles. The van der Waals surface area contributed by atoms with Crippen LogP contribution < -0.4 is 0 Å². The van der Waals surface area contributed by atoms with Crippen LogP contribution in [0.15, 0.2) is 42.5 Å². The zero-order valence-electron chi connectivity index (χ0n) is 10.6. The van der Waals surface area contributed by atoms with Crippen molar-refractivity contribution in [1.82, 2.24) is 4.57 Å². The smallest absolute Gasteiger partial charge is 0.418 e. The van der Waals surface area contributed by atoms with E-state index in [1.165, 1.54) is 23.8 Å². The van der Waals surface area contributed by atoms with Gasteiger partial charge in [-0.15, -0.1) is 0 Å². The van der Waals surface area contributed by atoms with E-state index in [4.69, 9.17) is 4.74 Å². The fraction of sp³-hybridized carbons (Fsp3) is 0.0714. The monoisotopic (exact) mass is 270 g/mol. The molecule has 3 aromatic rings. The molecule has 0 radical (unpaired) electrons. The van der Waals surface area contributed by atoms with Gasteiger partial charge in [0.05, 0.1) is 23.1 Å². The average molecular weight is 270 g/mol. The van der Waals surface area contributed by atoms with Crippen LogP contribution in [0.3, 0.4) is 0 Å². The van der Waals surface area contributed by atoms with Gasteiger partial charge in [0, 0.05) is 22.9 Å². The molecule has 0 N–H and O–H groups in total. The van der Waals surface area contributed by atoms with E-state index in [0.29, 0.717) is 16.4 Å². The van der Waals surface area contributed by atoms with Crippen molar-refractivity contribution >= 4 is 33.6 Å². The molecule has 0 saturated carbocycles. The lowest BCUT2D eigenvalue weighted by molar-refractivity contribution is -0.384. The largest absolute Gasteiger partial charge is 0.452 e. The highest BCUT2D eigenvalue weighted by Crippen LogP contribution is 2.31. The van der Waals surface area contributed by atoms with Crippen LogP contribution in [0.5, 0.6) is 0 Å². The number of non-ortho nitro benzene ring substituents is 1. The number of nitro groups is 1. The molecule has 1 heterocycles. The predicted octanol–water partition coefficient (Wildman–Crippen LogP) is 3.32. The third kappa shape index (κ3) is 1.62. The van der Waals surface area contributed by atoms with Crippen LogP contribution in [-0.2, 0) is 4.74 Å². The Morgan fingerprint density at radius 3 is 2.55 bits per heavy atom. The number of hydrogen-bond acceptors (Lipinski definition) is 4. The topological polar surface area (TPSA) is 74.4 Å². The molecule has 100 valence electrons. The Balaban J connectivity index is 2.47. The normalized spacial score (nSPS) is 10.8. The second kappa shape index (κ2) is 4.34. The van der Waals surface area contributed by atoms with Crippen molar-refractivity contribution in [3.05, 3.63) is 52.6 Å². The van der Waals surface area contributed by atoms with E-state index >= 15 is 0 Å². The molecule has 0 unspecified atom stereocenters. The molecule has 6 nitrogen and oxygen atoms in total. The first kappa shape index (κ1) is 12.2. The molecule has 0 bridgehead atoms. The van der Waals surface area contributed by atoms with Gasteiger partial charge in [0.15, 0.2) is 0 Å². The number of nitro benzene ring substituents is 1. The van der Waals surface area contributed by atoms with E-state index in [9.17, 15) is 14.9 Å². The van der Waals surface area contributed by atoms with Gasteiger partial charge < -0.3 is 4.74 Å². The summed E-state index contributed by atoms with van der Waals surface area (Å²) in [5.41, 5.74) is 1.24. The van der Waals surface area contributed by atoms with Gasteiger partial charge >= 0.3 is 6.09 Å². The third-order valence-electron chi connectivity index (χ3n) is 3.22. The summed E-state index contributed by atoms with van der Waals surface area (Å²) < 4.78 is 6.19. The predicted molar refractivity (Wildman–Crippen MR) is 73.9 cm³/mol. The Bertz CT molecular complexity index is 851. The van der Waals surface area contributed by atoms with Gasteiger partial charge in [-0.1, -0.05) is 18.2 Å². The second-order valence-electron chi connectivity index (χ2n) is 4.28. The molecule has 0 fully saturated rings. The Hall–Kier alpha value is -2.89. The Morgan fingerprint density at radius 1 is 1.15 bits per heavy atom. The molecule has 0 amide bonds. The van der Waals surface area contributed by atoms with E-state index in [1.807, 2.05) is 12.1 Å². The molecule has 20 heavy (non-hydrogen) atoms. The molecule has 0 aliphatic heterocycles. The molecular weight excluding hydrogens is 260 g/mol. The zero-order chi connectivity index (χ0) is 14.3. The summed E-state index contributed by atoms with van der Waals surface area (Å²) in [4.78, 5) is 22.4. The van der Waals surface area contributed by atoms with Crippen molar-refractivity contribution in [2.75, 3.05) is 7.11 Å². The Kier molecular flexibility index (Phi) is 2.64. The quantitative estimate of drug-likeness (QED) is 0.502. The maximum Gasteiger partial charge on any atom is 0.418 e. The highest BCUT2D eigenvalue weighted by molar-refractivity contribution is 6.12. The number of rotatable bonds is 1. The fourth-order valence-corrected chi connectivity index (χ4v) is 2.36. The first-order chi connectivity index (χ1) is 9.63. The zero-order valence-corrected chi connectivity index (χ0v) is 10.6.